The first-order chi connectivity index (χ1) is 19.1. The number of para-hydroxylation sites is 3. The maximum atomic E-state index is 13.3. The predicted molar refractivity (Wildman–Crippen MR) is 158 cm³/mol. The van der Waals surface area contributed by atoms with Crippen molar-refractivity contribution in [1.29, 1.82) is 0 Å². The number of hydrogen-bond donors (Lipinski definition) is 2. The largest absolute Gasteiger partial charge is 0.496 e. The van der Waals surface area contributed by atoms with E-state index in [2.05, 4.69) is 86.8 Å². The maximum Gasteiger partial charge on any atom is 0.234 e. The van der Waals surface area contributed by atoms with Crippen LogP contribution in [0, 0.1) is 0 Å². The summed E-state index contributed by atoms with van der Waals surface area (Å²) in [7, 11) is 3.81. The number of ether oxygens (including phenoxy) is 1. The van der Waals surface area contributed by atoms with Crippen molar-refractivity contribution in [2.75, 3.05) is 58.3 Å². The first kappa shape index (κ1) is 26.8. The molecule has 2 heterocycles. The number of fused-ring (bicyclic) bond motifs is 1. The average molecular weight is 526 g/mol. The fraction of sp³-hybridized carbons (Fsp3) is 0.344. The molecule has 1 unspecified atom stereocenters. The number of carbonyl (C=O) groups excluding carboxylic acids is 1. The van der Waals surface area contributed by atoms with Crippen LogP contribution in [-0.4, -0.2) is 80.2 Å². The fourth-order valence-corrected chi connectivity index (χ4v) is 5.57. The lowest BCUT2D eigenvalue weighted by atomic mass is 10.0. The van der Waals surface area contributed by atoms with Crippen molar-refractivity contribution in [2.45, 2.75) is 19.0 Å². The van der Waals surface area contributed by atoms with Crippen LogP contribution >= 0.6 is 0 Å². The van der Waals surface area contributed by atoms with Gasteiger partial charge in [-0.15, -0.1) is 0 Å². The molecule has 1 saturated heterocycles. The Labute approximate surface area is 231 Å². The van der Waals surface area contributed by atoms with Crippen LogP contribution in [0.4, 0.5) is 5.69 Å². The summed E-state index contributed by atoms with van der Waals surface area (Å²) in [5.74, 6) is 0.968. The second kappa shape index (κ2) is 12.8. The minimum absolute atomic E-state index is 0.0259. The van der Waals surface area contributed by atoms with Gasteiger partial charge in [0, 0.05) is 73.7 Å². The molecule has 0 spiro atoms. The molecule has 3 aromatic carbocycles. The zero-order chi connectivity index (χ0) is 27.0. The van der Waals surface area contributed by atoms with E-state index >= 15 is 0 Å². The molecule has 39 heavy (non-hydrogen) atoms. The topological polar surface area (TPSA) is 63.8 Å². The number of amides is 1. The number of rotatable bonds is 11. The Hall–Kier alpha value is -3.81. The van der Waals surface area contributed by atoms with E-state index in [4.69, 9.17) is 4.74 Å². The highest BCUT2D eigenvalue weighted by Crippen LogP contribution is 2.21. The predicted octanol–water partition coefficient (Wildman–Crippen LogP) is 4.16. The second-order valence-corrected chi connectivity index (χ2v) is 10.4. The molecular weight excluding hydrogens is 486 g/mol. The number of aromatic amines is 1. The van der Waals surface area contributed by atoms with Gasteiger partial charge in [-0.1, -0.05) is 54.6 Å². The second-order valence-electron chi connectivity index (χ2n) is 10.4. The van der Waals surface area contributed by atoms with E-state index in [-0.39, 0.29) is 11.9 Å². The number of hydrogen-bond acceptors (Lipinski definition) is 5. The molecule has 0 bridgehead atoms. The summed E-state index contributed by atoms with van der Waals surface area (Å²) in [6.45, 7) is 5.50. The average Bonchev–Trinajstić information content (AvgIpc) is 3.36. The number of carbonyl (C=O) groups is 1. The van der Waals surface area contributed by atoms with E-state index in [1.807, 2.05) is 30.3 Å². The van der Waals surface area contributed by atoms with Gasteiger partial charge in [0.1, 0.15) is 5.75 Å². The number of aromatic nitrogens is 1. The van der Waals surface area contributed by atoms with Gasteiger partial charge in [-0.3, -0.25) is 14.6 Å². The molecule has 5 rings (SSSR count). The minimum atomic E-state index is -0.0259. The lowest BCUT2D eigenvalue weighted by molar-refractivity contribution is -0.123. The zero-order valence-corrected chi connectivity index (χ0v) is 23.0. The first-order valence-corrected chi connectivity index (χ1v) is 13.8. The summed E-state index contributed by atoms with van der Waals surface area (Å²) in [6, 6.07) is 26.9. The van der Waals surface area contributed by atoms with Crippen LogP contribution in [0.15, 0.2) is 85.1 Å². The van der Waals surface area contributed by atoms with Gasteiger partial charge < -0.3 is 19.9 Å². The Morgan fingerprint density at radius 1 is 0.949 bits per heavy atom. The Morgan fingerprint density at radius 2 is 1.67 bits per heavy atom. The number of H-pyrrole nitrogens is 1. The van der Waals surface area contributed by atoms with E-state index in [1.54, 1.807) is 7.11 Å². The Morgan fingerprint density at radius 3 is 2.46 bits per heavy atom. The molecule has 1 fully saturated rings. The SMILES string of the molecule is COc1ccccc1CN(C)CC(Cc1c[nH]c2ccccc12)NC(=O)CN1CCN(c2ccccc2)CC1. The van der Waals surface area contributed by atoms with Crippen LogP contribution < -0.4 is 15.0 Å². The quantitative estimate of drug-likeness (QED) is 0.308. The number of benzene rings is 3. The molecule has 1 aromatic heterocycles. The van der Waals surface area contributed by atoms with Crippen molar-refractivity contribution >= 4 is 22.5 Å². The van der Waals surface area contributed by atoms with Gasteiger partial charge in [0.2, 0.25) is 5.91 Å². The third kappa shape index (κ3) is 6.99. The summed E-state index contributed by atoms with van der Waals surface area (Å²) in [5, 5.41) is 4.58. The molecule has 1 amide bonds. The van der Waals surface area contributed by atoms with Gasteiger partial charge in [-0.25, -0.2) is 0 Å². The zero-order valence-electron chi connectivity index (χ0n) is 23.0. The molecule has 7 nitrogen and oxygen atoms in total. The van der Waals surface area contributed by atoms with Crippen molar-refractivity contribution in [2.24, 2.45) is 0 Å². The molecule has 4 aromatic rings. The van der Waals surface area contributed by atoms with Crippen LogP contribution in [0.2, 0.25) is 0 Å². The number of nitrogens with one attached hydrogen (secondary N) is 2. The van der Waals surface area contributed by atoms with Crippen molar-refractivity contribution in [3.05, 3.63) is 96.2 Å². The first-order valence-electron chi connectivity index (χ1n) is 13.8. The van der Waals surface area contributed by atoms with Crippen molar-refractivity contribution in [3.63, 3.8) is 0 Å². The van der Waals surface area contributed by atoms with Gasteiger partial charge in [0.15, 0.2) is 0 Å². The Kier molecular flexibility index (Phi) is 8.81. The van der Waals surface area contributed by atoms with Crippen molar-refractivity contribution in [3.8, 4) is 5.75 Å². The fourth-order valence-electron chi connectivity index (χ4n) is 5.57. The summed E-state index contributed by atoms with van der Waals surface area (Å²) < 4.78 is 5.56. The smallest absolute Gasteiger partial charge is 0.234 e. The van der Waals surface area contributed by atoms with Gasteiger partial charge in [0.05, 0.1) is 13.7 Å². The number of anilines is 1. The monoisotopic (exact) mass is 525 g/mol. The molecular formula is C32H39N5O2. The molecule has 1 aliphatic rings. The number of nitrogens with zero attached hydrogens (tertiary/aromatic N) is 3. The van der Waals surface area contributed by atoms with E-state index in [0.29, 0.717) is 6.54 Å². The highest BCUT2D eigenvalue weighted by molar-refractivity contribution is 5.83. The van der Waals surface area contributed by atoms with Gasteiger partial charge in [-0.2, -0.15) is 0 Å². The standard InChI is InChI=1S/C32H39N5O2/c1-35(22-25-10-6-9-15-31(25)39-2)23-27(20-26-21-33-30-14-8-7-13-29(26)30)34-32(38)24-36-16-18-37(19-17-36)28-11-4-3-5-12-28/h3-15,21,27,33H,16-20,22-24H2,1-2H3,(H,34,38). The van der Waals surface area contributed by atoms with Gasteiger partial charge >= 0.3 is 0 Å². The van der Waals surface area contributed by atoms with E-state index < -0.39 is 0 Å². The molecule has 1 atom stereocenters. The normalized spacial score (nSPS) is 15.0. The van der Waals surface area contributed by atoms with Crippen LogP contribution in [0.5, 0.6) is 5.75 Å². The van der Waals surface area contributed by atoms with Crippen LogP contribution in [0.25, 0.3) is 10.9 Å². The third-order valence-electron chi connectivity index (χ3n) is 7.53. The van der Waals surface area contributed by atoms with Gasteiger partial charge in [0.25, 0.3) is 0 Å². The molecule has 0 aliphatic carbocycles. The summed E-state index contributed by atoms with van der Waals surface area (Å²) in [6.07, 6.45) is 2.83. The Bertz CT molecular complexity index is 1350. The summed E-state index contributed by atoms with van der Waals surface area (Å²) >= 11 is 0. The highest BCUT2D eigenvalue weighted by Gasteiger charge is 2.22. The Balaban J connectivity index is 1.22. The number of methoxy groups -OCH3 is 1. The summed E-state index contributed by atoms with van der Waals surface area (Å²) in [4.78, 5) is 23.6. The van der Waals surface area contributed by atoms with Crippen molar-refractivity contribution in [1.82, 2.24) is 20.1 Å². The van der Waals surface area contributed by atoms with E-state index in [1.165, 1.54) is 16.6 Å². The number of likely N-dealkylation sites (N-methyl/N-ethyl adjacent to an activating group) is 1. The molecule has 1 aliphatic heterocycles. The molecule has 0 radical (unpaired) electrons. The molecule has 204 valence electrons. The third-order valence-corrected chi connectivity index (χ3v) is 7.53. The van der Waals surface area contributed by atoms with Crippen LogP contribution in [-0.2, 0) is 17.8 Å². The lowest BCUT2D eigenvalue weighted by Gasteiger charge is -2.36. The maximum absolute atomic E-state index is 13.3. The van der Waals surface area contributed by atoms with Crippen LogP contribution in [0.3, 0.4) is 0 Å². The molecule has 0 saturated carbocycles. The molecule has 7 heteroatoms. The van der Waals surface area contributed by atoms with E-state index in [9.17, 15) is 4.79 Å². The summed E-state index contributed by atoms with van der Waals surface area (Å²) in [5.41, 5.74) is 4.73. The molecule has 2 N–H and O–H groups in total. The highest BCUT2D eigenvalue weighted by atomic mass is 16.5. The van der Waals surface area contributed by atoms with Crippen LogP contribution in [0.1, 0.15) is 11.1 Å². The minimum Gasteiger partial charge on any atom is -0.496 e. The van der Waals surface area contributed by atoms with E-state index in [0.717, 1.165) is 62.5 Å². The van der Waals surface area contributed by atoms with Gasteiger partial charge in [-0.05, 0) is 43.3 Å². The number of piperazine rings is 1. The van der Waals surface area contributed by atoms with Crippen molar-refractivity contribution < 1.29 is 9.53 Å². The lowest BCUT2D eigenvalue weighted by Crippen LogP contribution is -2.52.